The minimum absolute atomic E-state index is 1.06. The Hall–Kier alpha value is 0.440. The average molecular weight is 103 g/mol. The Kier molecular flexibility index (Phi) is 0.918. The van der Waals surface area contributed by atoms with Crippen LogP contribution >= 0.6 is 24.0 Å². The van der Waals surface area contributed by atoms with E-state index in [1.165, 1.54) is 0 Å². The standard InChI is InChI=1S/C3H3S2/c4-3-1-2-5-3/h1H,2H2. The fourth-order valence-electron chi connectivity index (χ4n) is 0.151. The Morgan fingerprint density at radius 1 is 2.00 bits per heavy atom. The summed E-state index contributed by atoms with van der Waals surface area (Å²) in [5.41, 5.74) is 0. The molecule has 1 rings (SSSR count). The van der Waals surface area contributed by atoms with Crippen molar-refractivity contribution in [2.45, 2.75) is 0 Å². The van der Waals surface area contributed by atoms with Crippen molar-refractivity contribution in [1.82, 2.24) is 0 Å². The van der Waals surface area contributed by atoms with Crippen LogP contribution in [0.25, 0.3) is 0 Å². The van der Waals surface area contributed by atoms with Crippen LogP contribution in [0.15, 0.2) is 0 Å². The predicted octanol–water partition coefficient (Wildman–Crippen LogP) is 1.26. The van der Waals surface area contributed by atoms with Crippen molar-refractivity contribution in [2.24, 2.45) is 0 Å². The molecule has 1 saturated heterocycles. The smallest absolute Gasteiger partial charge is 0.0525 e. The Morgan fingerprint density at radius 3 is 2.40 bits per heavy atom. The van der Waals surface area contributed by atoms with E-state index in [9.17, 15) is 0 Å². The van der Waals surface area contributed by atoms with E-state index < -0.39 is 0 Å². The average Bonchev–Trinajstić information content (AvgIpc) is 1.30. The van der Waals surface area contributed by atoms with Gasteiger partial charge in [-0.2, -0.15) is 0 Å². The molecule has 0 amide bonds. The first-order valence-electron chi connectivity index (χ1n) is 1.39. The maximum absolute atomic E-state index is 4.69. The second kappa shape index (κ2) is 1.27. The number of thioether (sulfide) groups is 1. The molecule has 1 heterocycles. The summed E-state index contributed by atoms with van der Waals surface area (Å²) in [5, 5.41) is 0. The van der Waals surface area contributed by atoms with Crippen LogP contribution in [0, 0.1) is 6.42 Å². The Labute approximate surface area is 40.9 Å². The van der Waals surface area contributed by atoms with Crippen LogP contribution in [0.2, 0.25) is 0 Å². The van der Waals surface area contributed by atoms with Gasteiger partial charge in [0.1, 0.15) is 0 Å². The molecule has 0 aromatic rings. The quantitative estimate of drug-likeness (QED) is 0.423. The highest BCUT2D eigenvalue weighted by Crippen LogP contribution is 2.18. The second-order valence-electron chi connectivity index (χ2n) is 0.834. The molecular weight excluding hydrogens is 100 g/mol. The molecule has 0 nitrogen and oxygen atoms in total. The molecule has 0 bridgehead atoms. The summed E-state index contributed by atoms with van der Waals surface area (Å²) in [6, 6.07) is 0. The van der Waals surface area contributed by atoms with Crippen molar-refractivity contribution in [3.63, 3.8) is 0 Å². The molecule has 1 aliphatic heterocycles. The highest BCUT2D eigenvalue weighted by atomic mass is 32.2. The van der Waals surface area contributed by atoms with Gasteiger partial charge in [-0.3, -0.25) is 0 Å². The zero-order chi connectivity index (χ0) is 3.70. The summed E-state index contributed by atoms with van der Waals surface area (Å²) in [5.74, 6) is 1.14. The van der Waals surface area contributed by atoms with Crippen LogP contribution in [0.4, 0.5) is 0 Å². The van der Waals surface area contributed by atoms with Crippen molar-refractivity contribution in [3.05, 3.63) is 6.42 Å². The maximum Gasteiger partial charge on any atom is 0.0525 e. The lowest BCUT2D eigenvalue weighted by molar-refractivity contribution is 1.68. The molecular formula is C3H3S2. The molecule has 0 saturated carbocycles. The number of hydrogen-bond donors (Lipinski definition) is 0. The first-order chi connectivity index (χ1) is 2.39. The largest absolute Gasteiger partial charge is 0.118 e. The predicted molar refractivity (Wildman–Crippen MR) is 29.4 cm³/mol. The van der Waals surface area contributed by atoms with Crippen LogP contribution in [-0.4, -0.2) is 9.95 Å². The van der Waals surface area contributed by atoms with Crippen LogP contribution in [-0.2, 0) is 0 Å². The molecule has 0 atom stereocenters. The van der Waals surface area contributed by atoms with Gasteiger partial charge in [-0.15, -0.1) is 11.8 Å². The van der Waals surface area contributed by atoms with E-state index in [1.54, 1.807) is 11.8 Å². The fraction of sp³-hybridized carbons (Fsp3) is 0.333. The number of thiocarbonyl (C=S) groups is 1. The molecule has 1 fully saturated rings. The molecule has 5 heavy (non-hydrogen) atoms. The third kappa shape index (κ3) is 0.637. The SMILES string of the molecule is S=C1[CH]CS1. The van der Waals surface area contributed by atoms with Crippen LogP contribution in [0.1, 0.15) is 0 Å². The lowest BCUT2D eigenvalue weighted by atomic mass is 10.5. The van der Waals surface area contributed by atoms with Gasteiger partial charge in [-0.1, -0.05) is 12.2 Å². The minimum Gasteiger partial charge on any atom is -0.118 e. The van der Waals surface area contributed by atoms with E-state index in [4.69, 9.17) is 12.2 Å². The Morgan fingerprint density at radius 2 is 2.40 bits per heavy atom. The van der Waals surface area contributed by atoms with Gasteiger partial charge in [0.25, 0.3) is 0 Å². The maximum atomic E-state index is 4.69. The van der Waals surface area contributed by atoms with Crippen molar-refractivity contribution >= 4 is 28.2 Å². The summed E-state index contributed by atoms with van der Waals surface area (Å²) in [4.78, 5) is 0. The van der Waals surface area contributed by atoms with Gasteiger partial charge < -0.3 is 0 Å². The molecule has 0 spiro atoms. The molecule has 2 heteroatoms. The van der Waals surface area contributed by atoms with Crippen molar-refractivity contribution < 1.29 is 0 Å². The summed E-state index contributed by atoms with van der Waals surface area (Å²) in [6.45, 7) is 0. The van der Waals surface area contributed by atoms with Gasteiger partial charge in [0.15, 0.2) is 0 Å². The zero-order valence-electron chi connectivity index (χ0n) is 2.60. The van der Waals surface area contributed by atoms with E-state index in [1.807, 2.05) is 6.42 Å². The van der Waals surface area contributed by atoms with Crippen LogP contribution in [0.3, 0.4) is 0 Å². The van der Waals surface area contributed by atoms with Gasteiger partial charge in [-0.05, 0) is 0 Å². The molecule has 0 aromatic heterocycles. The third-order valence-corrected chi connectivity index (χ3v) is 1.78. The number of rotatable bonds is 0. The highest BCUT2D eigenvalue weighted by molar-refractivity contribution is 8.25. The Bertz CT molecular complexity index is 51.9. The molecule has 0 aliphatic carbocycles. The van der Waals surface area contributed by atoms with Crippen LogP contribution in [0.5, 0.6) is 0 Å². The van der Waals surface area contributed by atoms with Crippen molar-refractivity contribution in [2.75, 3.05) is 5.75 Å². The van der Waals surface area contributed by atoms with Gasteiger partial charge in [-0.25, -0.2) is 0 Å². The molecule has 27 valence electrons. The van der Waals surface area contributed by atoms with Gasteiger partial charge in [0.05, 0.1) is 4.20 Å². The molecule has 1 aliphatic rings. The Balaban J connectivity index is 2.32. The second-order valence-corrected chi connectivity index (χ2v) is 2.59. The van der Waals surface area contributed by atoms with Crippen molar-refractivity contribution in [1.29, 1.82) is 0 Å². The fourth-order valence-corrected chi connectivity index (χ4v) is 0.862. The minimum atomic E-state index is 1.06. The highest BCUT2D eigenvalue weighted by Gasteiger charge is 2.06. The van der Waals surface area contributed by atoms with E-state index in [2.05, 4.69) is 0 Å². The first-order valence-corrected chi connectivity index (χ1v) is 2.79. The molecule has 0 aromatic carbocycles. The van der Waals surface area contributed by atoms with E-state index in [-0.39, 0.29) is 0 Å². The summed E-state index contributed by atoms with van der Waals surface area (Å²) < 4.78 is 1.06. The normalized spacial score (nSPS) is 22.0. The summed E-state index contributed by atoms with van der Waals surface area (Å²) >= 11 is 6.43. The third-order valence-electron chi connectivity index (χ3n) is 0.476. The van der Waals surface area contributed by atoms with E-state index in [0.717, 1.165) is 9.95 Å². The molecule has 0 N–H and O–H groups in total. The van der Waals surface area contributed by atoms with Gasteiger partial charge >= 0.3 is 0 Å². The van der Waals surface area contributed by atoms with Crippen LogP contribution < -0.4 is 0 Å². The van der Waals surface area contributed by atoms with Crippen molar-refractivity contribution in [3.8, 4) is 0 Å². The van der Waals surface area contributed by atoms with Gasteiger partial charge in [0.2, 0.25) is 0 Å². The lowest BCUT2D eigenvalue weighted by Crippen LogP contribution is -2.03. The first kappa shape index (κ1) is 3.62. The number of hydrogen-bond acceptors (Lipinski definition) is 2. The molecule has 0 unspecified atom stereocenters. The van der Waals surface area contributed by atoms with E-state index >= 15 is 0 Å². The monoisotopic (exact) mass is 103 g/mol. The van der Waals surface area contributed by atoms with E-state index in [0.29, 0.717) is 0 Å². The molecule has 1 radical (unpaired) electrons. The van der Waals surface area contributed by atoms with Gasteiger partial charge in [0, 0.05) is 12.2 Å². The zero-order valence-corrected chi connectivity index (χ0v) is 4.23. The summed E-state index contributed by atoms with van der Waals surface area (Å²) in [6.07, 6.45) is 2.04. The topological polar surface area (TPSA) is 0 Å². The summed E-state index contributed by atoms with van der Waals surface area (Å²) in [7, 11) is 0. The lowest BCUT2D eigenvalue weighted by Gasteiger charge is -2.08.